The first kappa shape index (κ1) is 21.9. The maximum absolute atomic E-state index is 12.5. The summed E-state index contributed by atoms with van der Waals surface area (Å²) in [4.78, 5) is 13.4. The second-order valence-electron chi connectivity index (χ2n) is 7.00. The van der Waals surface area contributed by atoms with Crippen molar-refractivity contribution in [2.24, 2.45) is 0 Å². The van der Waals surface area contributed by atoms with Crippen molar-refractivity contribution in [3.05, 3.63) is 53.6 Å². The van der Waals surface area contributed by atoms with E-state index in [4.69, 9.17) is 4.74 Å². The van der Waals surface area contributed by atoms with Crippen molar-refractivity contribution in [3.63, 3.8) is 0 Å². The molecule has 7 nitrogen and oxygen atoms in total. The number of anilines is 1. The van der Waals surface area contributed by atoms with E-state index in [-0.39, 0.29) is 23.1 Å². The number of hydrogen-bond acceptors (Lipinski definition) is 4. The van der Waals surface area contributed by atoms with Gasteiger partial charge in [-0.2, -0.15) is 0 Å². The number of sulfonamides is 1. The van der Waals surface area contributed by atoms with Crippen LogP contribution in [0.3, 0.4) is 0 Å². The minimum atomic E-state index is -3.69. The first-order chi connectivity index (χ1) is 13.1. The highest BCUT2D eigenvalue weighted by atomic mass is 32.2. The molecule has 2 aromatic rings. The van der Waals surface area contributed by atoms with Crippen LogP contribution in [-0.4, -0.2) is 53.4 Å². The lowest BCUT2D eigenvalue weighted by Gasteiger charge is -2.17. The third-order valence-corrected chi connectivity index (χ3v) is 6.13. The Kier molecular flexibility index (Phi) is 7.17. The summed E-state index contributed by atoms with van der Waals surface area (Å²) in [5.41, 5.74) is 2.76. The zero-order valence-electron chi connectivity index (χ0n) is 16.9. The third-order valence-electron chi connectivity index (χ3n) is 4.29. The number of rotatable bonds is 8. The number of quaternary nitrogens is 1. The van der Waals surface area contributed by atoms with Crippen LogP contribution in [0.2, 0.25) is 0 Å². The molecule has 0 radical (unpaired) electrons. The third kappa shape index (κ3) is 5.54. The Bertz CT molecular complexity index is 925. The molecule has 0 fully saturated rings. The number of hydrogen-bond donors (Lipinski definition) is 2. The van der Waals surface area contributed by atoms with Crippen LogP contribution in [0, 0.1) is 6.92 Å². The standard InChI is InChI=1S/C20H27N3O4S/c1-15-6-8-16(9-7-15)13-23(4)14-20(24)21-17-10-11-18(27-5)19(12-17)28(25,26)22(2)3/h6-12H,13-14H2,1-5H3,(H,21,24)/p+1. The zero-order chi connectivity index (χ0) is 20.9. The molecule has 8 heteroatoms. The van der Waals surface area contributed by atoms with Crippen molar-refractivity contribution in [1.29, 1.82) is 0 Å². The molecule has 2 aromatic carbocycles. The predicted octanol–water partition coefficient (Wildman–Crippen LogP) is 0.907. The number of nitrogens with zero attached hydrogens (tertiary/aromatic N) is 1. The second kappa shape index (κ2) is 9.18. The molecule has 152 valence electrons. The van der Waals surface area contributed by atoms with Gasteiger partial charge in [0.2, 0.25) is 10.0 Å². The molecule has 0 bridgehead atoms. The fourth-order valence-corrected chi connectivity index (χ4v) is 3.82. The molecule has 0 aliphatic rings. The average Bonchev–Trinajstić information content (AvgIpc) is 2.63. The van der Waals surface area contributed by atoms with Crippen LogP contribution in [0.1, 0.15) is 11.1 Å². The fourth-order valence-electron chi connectivity index (χ4n) is 2.75. The van der Waals surface area contributed by atoms with Crippen molar-refractivity contribution in [2.45, 2.75) is 18.4 Å². The summed E-state index contributed by atoms with van der Waals surface area (Å²) in [7, 11) is 2.55. The van der Waals surface area contributed by atoms with Crippen LogP contribution in [0.15, 0.2) is 47.4 Å². The molecule has 0 aliphatic carbocycles. The Balaban J connectivity index is 2.08. The molecule has 0 spiro atoms. The number of likely N-dealkylation sites (N-methyl/N-ethyl adjacent to an activating group) is 1. The summed E-state index contributed by atoms with van der Waals surface area (Å²) < 4.78 is 31.2. The van der Waals surface area contributed by atoms with Gasteiger partial charge in [-0.1, -0.05) is 29.8 Å². The Hall–Kier alpha value is -2.42. The summed E-state index contributed by atoms with van der Waals surface area (Å²) in [6.45, 7) is 3.01. The van der Waals surface area contributed by atoms with E-state index in [1.54, 1.807) is 6.07 Å². The number of methoxy groups -OCH3 is 1. The van der Waals surface area contributed by atoms with E-state index < -0.39 is 10.0 Å². The number of carbonyl (C=O) groups is 1. The SMILES string of the molecule is COc1ccc(NC(=O)C[NH+](C)Cc2ccc(C)cc2)cc1S(=O)(=O)N(C)C. The molecule has 0 aromatic heterocycles. The second-order valence-corrected chi connectivity index (χ2v) is 9.12. The lowest BCUT2D eigenvalue weighted by molar-refractivity contribution is -0.885. The minimum absolute atomic E-state index is 0.0122. The zero-order valence-corrected chi connectivity index (χ0v) is 17.8. The molecule has 1 atom stereocenters. The summed E-state index contributed by atoms with van der Waals surface area (Å²) in [6.07, 6.45) is 0. The van der Waals surface area contributed by atoms with Crippen molar-refractivity contribution in [2.75, 3.05) is 40.1 Å². The van der Waals surface area contributed by atoms with E-state index in [0.717, 1.165) is 21.3 Å². The number of aryl methyl sites for hydroxylation is 1. The molecule has 0 heterocycles. The molecule has 1 amide bonds. The molecular weight excluding hydrogens is 378 g/mol. The number of carbonyl (C=O) groups excluding carboxylic acids is 1. The first-order valence-electron chi connectivity index (χ1n) is 8.90. The van der Waals surface area contributed by atoms with Gasteiger partial charge in [-0.25, -0.2) is 12.7 Å². The van der Waals surface area contributed by atoms with Crippen molar-refractivity contribution in [3.8, 4) is 5.75 Å². The van der Waals surface area contributed by atoms with Crippen LogP contribution >= 0.6 is 0 Å². The summed E-state index contributed by atoms with van der Waals surface area (Å²) in [5.74, 6) is 0.0387. The van der Waals surface area contributed by atoms with Gasteiger partial charge in [-0.15, -0.1) is 0 Å². The highest BCUT2D eigenvalue weighted by molar-refractivity contribution is 7.89. The normalized spacial score (nSPS) is 12.6. The summed E-state index contributed by atoms with van der Waals surface area (Å²) in [6, 6.07) is 12.8. The van der Waals surface area contributed by atoms with Gasteiger partial charge in [0.25, 0.3) is 5.91 Å². The van der Waals surface area contributed by atoms with Gasteiger partial charge in [-0.05, 0) is 25.1 Å². The Morgan fingerprint density at radius 3 is 2.36 bits per heavy atom. The topological polar surface area (TPSA) is 80.1 Å². The summed E-state index contributed by atoms with van der Waals surface area (Å²) >= 11 is 0. The van der Waals surface area contributed by atoms with Crippen molar-refractivity contribution >= 4 is 21.6 Å². The predicted molar refractivity (Wildman–Crippen MR) is 109 cm³/mol. The molecule has 0 saturated carbocycles. The maximum atomic E-state index is 12.5. The molecule has 0 aliphatic heterocycles. The van der Waals surface area contributed by atoms with E-state index >= 15 is 0 Å². The molecular formula is C20H28N3O4S+. The Morgan fingerprint density at radius 1 is 1.14 bits per heavy atom. The monoisotopic (exact) mass is 406 g/mol. The average molecular weight is 407 g/mol. The van der Waals surface area contributed by atoms with Gasteiger partial charge in [0.15, 0.2) is 6.54 Å². The number of ether oxygens (including phenoxy) is 1. The van der Waals surface area contributed by atoms with Crippen LogP contribution in [0.5, 0.6) is 5.75 Å². The van der Waals surface area contributed by atoms with Gasteiger partial charge in [0.05, 0.1) is 14.2 Å². The minimum Gasteiger partial charge on any atom is -0.495 e. The fraction of sp³-hybridized carbons (Fsp3) is 0.350. The molecule has 2 N–H and O–H groups in total. The number of nitrogens with one attached hydrogen (secondary N) is 2. The van der Waals surface area contributed by atoms with Gasteiger partial charge in [0.1, 0.15) is 17.2 Å². The van der Waals surface area contributed by atoms with E-state index in [2.05, 4.69) is 17.4 Å². The maximum Gasteiger partial charge on any atom is 0.279 e. The smallest absolute Gasteiger partial charge is 0.279 e. The number of benzene rings is 2. The quantitative estimate of drug-likeness (QED) is 0.683. The summed E-state index contributed by atoms with van der Waals surface area (Å²) in [5, 5.41) is 2.77. The van der Waals surface area contributed by atoms with Gasteiger partial charge < -0.3 is 15.0 Å². The highest BCUT2D eigenvalue weighted by Gasteiger charge is 2.23. The van der Waals surface area contributed by atoms with Gasteiger partial charge in [-0.3, -0.25) is 4.79 Å². The number of amides is 1. The van der Waals surface area contributed by atoms with E-state index in [1.165, 1.54) is 38.9 Å². The van der Waals surface area contributed by atoms with Gasteiger partial charge >= 0.3 is 0 Å². The van der Waals surface area contributed by atoms with Crippen LogP contribution < -0.4 is 15.0 Å². The lowest BCUT2D eigenvalue weighted by atomic mass is 10.1. The molecule has 1 unspecified atom stereocenters. The van der Waals surface area contributed by atoms with E-state index in [1.807, 2.05) is 26.1 Å². The largest absolute Gasteiger partial charge is 0.495 e. The molecule has 0 saturated heterocycles. The molecule has 28 heavy (non-hydrogen) atoms. The first-order valence-corrected chi connectivity index (χ1v) is 10.3. The van der Waals surface area contributed by atoms with Crippen LogP contribution in [0.4, 0.5) is 5.69 Å². The highest BCUT2D eigenvalue weighted by Crippen LogP contribution is 2.28. The van der Waals surface area contributed by atoms with Crippen molar-refractivity contribution in [1.82, 2.24) is 4.31 Å². The van der Waals surface area contributed by atoms with Crippen LogP contribution in [-0.2, 0) is 21.4 Å². The molecule has 2 rings (SSSR count). The van der Waals surface area contributed by atoms with Crippen molar-refractivity contribution < 1.29 is 22.8 Å². The Morgan fingerprint density at radius 2 is 1.79 bits per heavy atom. The van der Waals surface area contributed by atoms with Gasteiger partial charge in [0, 0.05) is 25.3 Å². The van der Waals surface area contributed by atoms with E-state index in [9.17, 15) is 13.2 Å². The lowest BCUT2D eigenvalue weighted by Crippen LogP contribution is -3.08. The van der Waals surface area contributed by atoms with E-state index in [0.29, 0.717) is 5.69 Å². The Labute approximate surface area is 167 Å². The van der Waals surface area contributed by atoms with Crippen LogP contribution in [0.25, 0.3) is 0 Å².